The first-order valence-electron chi connectivity index (χ1n) is 10.1. The van der Waals surface area contributed by atoms with E-state index in [4.69, 9.17) is 9.47 Å². The van der Waals surface area contributed by atoms with Crippen molar-refractivity contribution in [1.82, 2.24) is 20.4 Å². The van der Waals surface area contributed by atoms with Gasteiger partial charge >= 0.3 is 6.09 Å². The summed E-state index contributed by atoms with van der Waals surface area (Å²) in [5, 5.41) is 6.67. The molecule has 0 aliphatic carbocycles. The summed E-state index contributed by atoms with van der Waals surface area (Å²) in [6, 6.07) is 0. The fourth-order valence-corrected chi connectivity index (χ4v) is 2.71. The van der Waals surface area contributed by atoms with Crippen LogP contribution in [0.2, 0.25) is 0 Å². The van der Waals surface area contributed by atoms with Crippen LogP contribution in [0.15, 0.2) is 4.99 Å². The van der Waals surface area contributed by atoms with Gasteiger partial charge in [0.05, 0.1) is 0 Å². The quantitative estimate of drug-likeness (QED) is 0.213. The third-order valence-corrected chi connectivity index (χ3v) is 4.18. The van der Waals surface area contributed by atoms with Crippen LogP contribution in [0.5, 0.6) is 0 Å². The van der Waals surface area contributed by atoms with Gasteiger partial charge in [0.25, 0.3) is 0 Å². The second kappa shape index (κ2) is 15.1. The van der Waals surface area contributed by atoms with Gasteiger partial charge in [-0.2, -0.15) is 0 Å². The van der Waals surface area contributed by atoms with Gasteiger partial charge in [-0.3, -0.25) is 9.89 Å². The van der Waals surface area contributed by atoms with E-state index in [1.165, 1.54) is 0 Å². The maximum absolute atomic E-state index is 12.1. The Hall–Kier alpha value is -0.810. The van der Waals surface area contributed by atoms with Crippen LogP contribution >= 0.6 is 24.0 Å². The average molecular weight is 513 g/mol. The van der Waals surface area contributed by atoms with Crippen LogP contribution in [-0.4, -0.2) is 93.5 Å². The van der Waals surface area contributed by atoms with Crippen molar-refractivity contribution in [2.24, 2.45) is 4.99 Å². The Kier molecular flexibility index (Phi) is 14.6. The zero-order chi connectivity index (χ0) is 20.1. The van der Waals surface area contributed by atoms with Gasteiger partial charge < -0.3 is 25.0 Å². The van der Waals surface area contributed by atoms with Gasteiger partial charge in [0, 0.05) is 66.1 Å². The number of nitrogens with one attached hydrogen (secondary N) is 2. The third-order valence-electron chi connectivity index (χ3n) is 4.18. The summed E-state index contributed by atoms with van der Waals surface area (Å²) in [5.74, 6) is 0.832. The highest BCUT2D eigenvalue weighted by Crippen LogP contribution is 2.11. The van der Waals surface area contributed by atoms with Crippen molar-refractivity contribution in [3.05, 3.63) is 0 Å². The van der Waals surface area contributed by atoms with Gasteiger partial charge in [-0.05, 0) is 40.5 Å². The molecule has 0 aromatic heterocycles. The van der Waals surface area contributed by atoms with Crippen molar-refractivity contribution >= 4 is 36.0 Å². The summed E-state index contributed by atoms with van der Waals surface area (Å²) in [6.45, 7) is 15.1. The first kappa shape index (κ1) is 27.2. The smallest absolute Gasteiger partial charge is 0.410 e. The molecule has 1 aliphatic heterocycles. The van der Waals surface area contributed by atoms with Crippen molar-refractivity contribution < 1.29 is 14.3 Å². The molecular weight excluding hydrogens is 473 g/mol. The predicted molar refractivity (Wildman–Crippen MR) is 125 cm³/mol. The van der Waals surface area contributed by atoms with Crippen molar-refractivity contribution in [2.75, 3.05) is 66.1 Å². The molecule has 1 heterocycles. The zero-order valence-electron chi connectivity index (χ0n) is 18.3. The number of guanidine groups is 1. The number of carbonyl (C=O) groups is 1. The minimum atomic E-state index is -0.440. The normalized spacial score (nSPS) is 15.8. The maximum Gasteiger partial charge on any atom is 0.410 e. The minimum Gasteiger partial charge on any atom is -0.444 e. The van der Waals surface area contributed by atoms with Crippen LogP contribution in [0.4, 0.5) is 4.79 Å². The Morgan fingerprint density at radius 1 is 1.07 bits per heavy atom. The minimum absolute atomic E-state index is 0. The summed E-state index contributed by atoms with van der Waals surface area (Å²) in [5.41, 5.74) is -0.440. The molecule has 1 fully saturated rings. The van der Waals surface area contributed by atoms with E-state index >= 15 is 0 Å². The SMILES string of the molecule is CCOCCCCNC(=NC)NCCN1CCN(C(=O)OC(C)(C)C)CC1.I. The van der Waals surface area contributed by atoms with E-state index in [2.05, 4.69) is 20.5 Å². The Morgan fingerprint density at radius 2 is 1.71 bits per heavy atom. The molecule has 1 amide bonds. The molecule has 0 saturated carbocycles. The molecule has 0 aromatic carbocycles. The second-order valence-electron chi connectivity index (χ2n) is 7.64. The van der Waals surface area contributed by atoms with E-state index < -0.39 is 5.60 Å². The number of hydrogen-bond donors (Lipinski definition) is 2. The molecule has 0 atom stereocenters. The molecule has 2 N–H and O–H groups in total. The van der Waals surface area contributed by atoms with Crippen molar-refractivity contribution in [3.8, 4) is 0 Å². The van der Waals surface area contributed by atoms with Crippen LogP contribution in [0, 0.1) is 0 Å². The average Bonchev–Trinajstić information content (AvgIpc) is 2.62. The van der Waals surface area contributed by atoms with Crippen LogP contribution in [-0.2, 0) is 9.47 Å². The molecule has 166 valence electrons. The van der Waals surface area contributed by atoms with Gasteiger partial charge in [0.2, 0.25) is 0 Å². The molecule has 1 saturated heterocycles. The number of amides is 1. The maximum atomic E-state index is 12.1. The van der Waals surface area contributed by atoms with Gasteiger partial charge in [0.1, 0.15) is 5.60 Å². The van der Waals surface area contributed by atoms with E-state index in [9.17, 15) is 4.79 Å². The largest absolute Gasteiger partial charge is 0.444 e. The van der Waals surface area contributed by atoms with Gasteiger partial charge in [-0.15, -0.1) is 24.0 Å². The molecule has 1 rings (SSSR count). The van der Waals surface area contributed by atoms with Crippen LogP contribution in [0.25, 0.3) is 0 Å². The molecular formula is C19H40IN5O3. The summed E-state index contributed by atoms with van der Waals surface area (Å²) >= 11 is 0. The molecule has 9 heteroatoms. The van der Waals surface area contributed by atoms with Gasteiger partial charge in [0.15, 0.2) is 5.96 Å². The van der Waals surface area contributed by atoms with E-state index in [1.54, 1.807) is 11.9 Å². The van der Waals surface area contributed by atoms with Crippen molar-refractivity contribution in [2.45, 2.75) is 46.1 Å². The van der Waals surface area contributed by atoms with Crippen molar-refractivity contribution in [1.29, 1.82) is 0 Å². The third kappa shape index (κ3) is 12.6. The number of aliphatic imine (C=N–C) groups is 1. The number of halogens is 1. The number of carbonyl (C=O) groups excluding carboxylic acids is 1. The standard InChI is InChI=1S/C19H39N5O3.HI/c1-6-26-16-8-7-9-21-17(20-5)22-10-11-23-12-14-24(15-13-23)18(25)27-19(2,3)4;/h6-16H2,1-5H3,(H2,20,21,22);1H. The number of hydrogen-bond acceptors (Lipinski definition) is 5. The Labute approximate surface area is 187 Å². The summed E-state index contributed by atoms with van der Waals surface area (Å²) in [7, 11) is 1.79. The molecule has 1 aliphatic rings. The number of rotatable bonds is 9. The molecule has 0 radical (unpaired) electrons. The van der Waals surface area contributed by atoms with Crippen molar-refractivity contribution in [3.63, 3.8) is 0 Å². The Bertz CT molecular complexity index is 449. The lowest BCUT2D eigenvalue weighted by Crippen LogP contribution is -2.51. The number of ether oxygens (including phenoxy) is 2. The van der Waals surface area contributed by atoms with Gasteiger partial charge in [-0.25, -0.2) is 4.79 Å². The summed E-state index contributed by atoms with van der Waals surface area (Å²) < 4.78 is 10.8. The number of nitrogens with zero attached hydrogens (tertiary/aromatic N) is 3. The summed E-state index contributed by atoms with van der Waals surface area (Å²) in [4.78, 5) is 20.5. The van der Waals surface area contributed by atoms with Gasteiger partial charge in [-0.1, -0.05) is 0 Å². The topological polar surface area (TPSA) is 78.4 Å². The predicted octanol–water partition coefficient (Wildman–Crippen LogP) is 2.14. The van der Waals surface area contributed by atoms with E-state index in [0.717, 1.165) is 64.7 Å². The number of unbranched alkanes of at least 4 members (excludes halogenated alkanes) is 1. The molecule has 0 spiro atoms. The first-order chi connectivity index (χ1) is 12.9. The highest BCUT2D eigenvalue weighted by atomic mass is 127. The fraction of sp³-hybridized carbons (Fsp3) is 0.895. The fourth-order valence-electron chi connectivity index (χ4n) is 2.71. The summed E-state index contributed by atoms with van der Waals surface area (Å²) in [6.07, 6.45) is 1.90. The molecule has 0 unspecified atom stereocenters. The lowest BCUT2D eigenvalue weighted by molar-refractivity contribution is 0.0147. The van der Waals surface area contributed by atoms with Crippen LogP contribution in [0.1, 0.15) is 40.5 Å². The van der Waals surface area contributed by atoms with E-state index in [0.29, 0.717) is 13.1 Å². The molecule has 0 bridgehead atoms. The Balaban J connectivity index is 0.00000729. The zero-order valence-corrected chi connectivity index (χ0v) is 20.6. The first-order valence-corrected chi connectivity index (χ1v) is 10.1. The molecule has 28 heavy (non-hydrogen) atoms. The lowest BCUT2D eigenvalue weighted by Gasteiger charge is -2.35. The van der Waals surface area contributed by atoms with Crippen LogP contribution in [0.3, 0.4) is 0 Å². The highest BCUT2D eigenvalue weighted by molar-refractivity contribution is 14.0. The molecule has 8 nitrogen and oxygen atoms in total. The lowest BCUT2D eigenvalue weighted by atomic mass is 10.2. The monoisotopic (exact) mass is 513 g/mol. The second-order valence-corrected chi connectivity index (χ2v) is 7.64. The highest BCUT2D eigenvalue weighted by Gasteiger charge is 2.25. The van der Waals surface area contributed by atoms with E-state index in [1.807, 2.05) is 27.7 Å². The number of piperazine rings is 1. The van der Waals surface area contributed by atoms with E-state index in [-0.39, 0.29) is 30.1 Å². The Morgan fingerprint density at radius 3 is 2.29 bits per heavy atom. The molecule has 0 aromatic rings. The van der Waals surface area contributed by atoms with Crippen LogP contribution < -0.4 is 10.6 Å².